The van der Waals surface area contributed by atoms with Gasteiger partial charge in [-0.1, -0.05) is 42.5 Å². The van der Waals surface area contributed by atoms with Crippen LogP contribution in [0.4, 0.5) is 8.78 Å². The van der Waals surface area contributed by atoms with Gasteiger partial charge < -0.3 is 15.2 Å². The van der Waals surface area contributed by atoms with Crippen LogP contribution in [-0.4, -0.2) is 17.6 Å². The van der Waals surface area contributed by atoms with Crippen molar-refractivity contribution in [2.75, 3.05) is 0 Å². The minimum Gasteiger partial charge on any atom is -0.434 e. The lowest BCUT2D eigenvalue weighted by atomic mass is 10.1. The summed E-state index contributed by atoms with van der Waals surface area (Å²) in [5, 5.41) is 12.0. The monoisotopic (exact) mass is 347 g/mol. The molecule has 0 saturated heterocycles. The minimum atomic E-state index is -2.93. The predicted octanol–water partition coefficient (Wildman–Crippen LogP) is 3.50. The van der Waals surface area contributed by atoms with Gasteiger partial charge >= 0.3 is 6.61 Å². The van der Waals surface area contributed by atoms with Crippen LogP contribution in [0.2, 0.25) is 0 Å². The number of amides is 1. The Hall–Kier alpha value is -2.73. The van der Waals surface area contributed by atoms with Crippen molar-refractivity contribution in [2.24, 2.45) is 0 Å². The van der Waals surface area contributed by atoms with Gasteiger partial charge in [-0.3, -0.25) is 4.79 Å². The maximum absolute atomic E-state index is 12.5. The molecule has 0 bridgehead atoms. The number of ether oxygens (including phenoxy) is 1. The second kappa shape index (κ2) is 8.94. The molecule has 0 aromatic heterocycles. The number of nitrogens with one attached hydrogen (secondary N) is 1. The fraction of sp³-hybridized carbons (Fsp3) is 0.211. The molecular weight excluding hydrogens is 328 g/mol. The van der Waals surface area contributed by atoms with E-state index < -0.39 is 6.61 Å². The van der Waals surface area contributed by atoms with Gasteiger partial charge in [-0.25, -0.2) is 0 Å². The van der Waals surface area contributed by atoms with Crippen LogP contribution in [0.1, 0.15) is 23.6 Å². The van der Waals surface area contributed by atoms with Crippen molar-refractivity contribution in [3.05, 3.63) is 71.3 Å². The Kier molecular flexibility index (Phi) is 6.65. The molecule has 0 spiro atoms. The van der Waals surface area contributed by atoms with Crippen molar-refractivity contribution in [3.8, 4) is 5.75 Å². The van der Waals surface area contributed by atoms with Gasteiger partial charge in [-0.15, -0.1) is 0 Å². The lowest BCUT2D eigenvalue weighted by Gasteiger charge is -2.11. The highest BCUT2D eigenvalue weighted by Crippen LogP contribution is 2.26. The molecule has 0 saturated carbocycles. The summed E-state index contributed by atoms with van der Waals surface area (Å²) in [5.74, 6) is -0.346. The van der Waals surface area contributed by atoms with Crippen molar-refractivity contribution in [1.29, 1.82) is 0 Å². The first kappa shape index (κ1) is 18.6. The second-order valence-electron chi connectivity index (χ2n) is 5.35. The van der Waals surface area contributed by atoms with E-state index in [9.17, 15) is 18.7 Å². The third kappa shape index (κ3) is 5.39. The SMILES string of the molecule is C/C(=C/C(=O)NCc1ccccc1CO)c1ccccc1OC(F)F. The molecule has 25 heavy (non-hydrogen) atoms. The summed E-state index contributed by atoms with van der Waals surface area (Å²) in [6.45, 7) is -1.14. The Morgan fingerprint density at radius 3 is 2.48 bits per heavy atom. The number of allylic oxidation sites excluding steroid dienone is 1. The number of aliphatic hydroxyl groups excluding tert-OH is 1. The topological polar surface area (TPSA) is 58.6 Å². The Morgan fingerprint density at radius 2 is 1.80 bits per heavy atom. The molecule has 0 aliphatic carbocycles. The molecule has 6 heteroatoms. The van der Waals surface area contributed by atoms with Crippen molar-refractivity contribution in [1.82, 2.24) is 5.32 Å². The van der Waals surface area contributed by atoms with Crippen molar-refractivity contribution in [3.63, 3.8) is 0 Å². The lowest BCUT2D eigenvalue weighted by Crippen LogP contribution is -2.21. The van der Waals surface area contributed by atoms with Crippen LogP contribution in [0, 0.1) is 0 Å². The lowest BCUT2D eigenvalue weighted by molar-refractivity contribution is -0.116. The van der Waals surface area contributed by atoms with Gasteiger partial charge in [0, 0.05) is 18.2 Å². The van der Waals surface area contributed by atoms with E-state index in [1.165, 1.54) is 12.1 Å². The normalized spacial score (nSPS) is 11.5. The Morgan fingerprint density at radius 1 is 1.16 bits per heavy atom. The first-order valence-corrected chi connectivity index (χ1v) is 7.69. The molecule has 0 aliphatic heterocycles. The van der Waals surface area contributed by atoms with Gasteiger partial charge in [0.25, 0.3) is 0 Å². The number of hydrogen-bond acceptors (Lipinski definition) is 3. The molecule has 4 nitrogen and oxygen atoms in total. The Bertz CT molecular complexity index is 760. The van der Waals surface area contributed by atoms with E-state index in [2.05, 4.69) is 10.1 Å². The zero-order valence-corrected chi connectivity index (χ0v) is 13.7. The van der Waals surface area contributed by atoms with E-state index in [4.69, 9.17) is 0 Å². The van der Waals surface area contributed by atoms with Crippen molar-refractivity contribution >= 4 is 11.5 Å². The van der Waals surface area contributed by atoms with Crippen LogP contribution < -0.4 is 10.1 Å². The maximum atomic E-state index is 12.5. The first-order valence-electron chi connectivity index (χ1n) is 7.69. The number of benzene rings is 2. The third-order valence-electron chi connectivity index (χ3n) is 3.62. The van der Waals surface area contributed by atoms with Crippen LogP contribution in [-0.2, 0) is 17.9 Å². The second-order valence-corrected chi connectivity index (χ2v) is 5.35. The summed E-state index contributed by atoms with van der Waals surface area (Å²) in [5.41, 5.74) is 2.47. The molecule has 0 unspecified atom stereocenters. The van der Waals surface area contributed by atoms with E-state index in [-0.39, 0.29) is 24.8 Å². The van der Waals surface area contributed by atoms with E-state index in [1.54, 1.807) is 37.3 Å². The molecule has 0 radical (unpaired) electrons. The number of alkyl halides is 2. The number of rotatable bonds is 7. The quantitative estimate of drug-likeness (QED) is 0.754. The van der Waals surface area contributed by atoms with Gasteiger partial charge in [0.05, 0.1) is 6.61 Å². The molecule has 132 valence electrons. The maximum Gasteiger partial charge on any atom is 0.387 e. The Labute approximate surface area is 144 Å². The van der Waals surface area contributed by atoms with Crippen molar-refractivity contribution < 1.29 is 23.4 Å². The predicted molar refractivity (Wildman–Crippen MR) is 90.9 cm³/mol. The molecule has 2 aromatic rings. The highest BCUT2D eigenvalue weighted by atomic mass is 19.3. The summed E-state index contributed by atoms with van der Waals surface area (Å²) >= 11 is 0. The van der Waals surface area contributed by atoms with Crippen LogP contribution >= 0.6 is 0 Å². The molecule has 0 fully saturated rings. The zero-order valence-electron chi connectivity index (χ0n) is 13.7. The summed E-state index contributed by atoms with van der Waals surface area (Å²) in [6.07, 6.45) is 1.33. The fourth-order valence-electron chi connectivity index (χ4n) is 2.38. The number of halogens is 2. The summed E-state index contributed by atoms with van der Waals surface area (Å²) in [4.78, 5) is 12.1. The number of aliphatic hydroxyl groups is 1. The van der Waals surface area contributed by atoms with Gasteiger partial charge in [0.2, 0.25) is 5.91 Å². The van der Waals surface area contributed by atoms with Crippen LogP contribution in [0.3, 0.4) is 0 Å². The van der Waals surface area contributed by atoms with Gasteiger partial charge in [0.1, 0.15) is 5.75 Å². The molecule has 2 rings (SSSR count). The summed E-state index contributed by atoms with van der Waals surface area (Å²) in [7, 11) is 0. The standard InChI is InChI=1S/C19H19F2NO3/c1-13(16-8-4-5-9-17(16)25-19(20)21)10-18(24)22-11-14-6-2-3-7-15(14)12-23/h2-10,19,23H,11-12H2,1H3,(H,22,24)/b13-10-. The summed E-state index contributed by atoms with van der Waals surface area (Å²) in [6, 6.07) is 13.5. The number of carbonyl (C=O) groups is 1. The Balaban J connectivity index is 2.08. The number of carbonyl (C=O) groups excluding carboxylic acids is 1. The highest BCUT2D eigenvalue weighted by molar-refractivity contribution is 5.95. The largest absolute Gasteiger partial charge is 0.434 e. The van der Waals surface area contributed by atoms with E-state index >= 15 is 0 Å². The van der Waals surface area contributed by atoms with Crippen LogP contribution in [0.15, 0.2) is 54.6 Å². The fourth-order valence-corrected chi connectivity index (χ4v) is 2.38. The molecular formula is C19H19F2NO3. The number of para-hydroxylation sites is 1. The average molecular weight is 347 g/mol. The number of hydrogen-bond donors (Lipinski definition) is 2. The molecule has 0 heterocycles. The van der Waals surface area contributed by atoms with Gasteiger partial charge in [-0.2, -0.15) is 8.78 Å². The average Bonchev–Trinajstić information content (AvgIpc) is 2.60. The summed E-state index contributed by atoms with van der Waals surface area (Å²) < 4.78 is 29.4. The first-order chi connectivity index (χ1) is 12.0. The van der Waals surface area contributed by atoms with E-state index in [0.717, 1.165) is 11.1 Å². The van der Waals surface area contributed by atoms with Crippen LogP contribution in [0.25, 0.3) is 5.57 Å². The minimum absolute atomic E-state index is 0.0182. The molecule has 0 atom stereocenters. The molecule has 1 amide bonds. The van der Waals surface area contributed by atoms with Gasteiger partial charge in [0.15, 0.2) is 0 Å². The zero-order chi connectivity index (χ0) is 18.2. The van der Waals surface area contributed by atoms with Crippen LogP contribution in [0.5, 0.6) is 5.75 Å². The molecule has 2 aromatic carbocycles. The molecule has 2 N–H and O–H groups in total. The van der Waals surface area contributed by atoms with E-state index in [1.807, 2.05) is 12.1 Å². The van der Waals surface area contributed by atoms with Gasteiger partial charge in [-0.05, 0) is 29.7 Å². The highest BCUT2D eigenvalue weighted by Gasteiger charge is 2.11. The molecule has 0 aliphatic rings. The smallest absolute Gasteiger partial charge is 0.387 e. The van der Waals surface area contributed by atoms with E-state index in [0.29, 0.717) is 11.1 Å². The van der Waals surface area contributed by atoms with Crippen molar-refractivity contribution in [2.45, 2.75) is 26.7 Å². The third-order valence-corrected chi connectivity index (χ3v) is 3.62.